The number of hydrogen-bond acceptors (Lipinski definition) is 5. The number of benzene rings is 2. The quantitative estimate of drug-likeness (QED) is 0.447. The van der Waals surface area contributed by atoms with Gasteiger partial charge in [0.05, 0.1) is 25.2 Å². The van der Waals surface area contributed by atoms with Gasteiger partial charge in [-0.05, 0) is 36.6 Å². The minimum Gasteiger partial charge on any atom is -0.352 e. The molecule has 0 bridgehead atoms. The van der Waals surface area contributed by atoms with Gasteiger partial charge in [-0.15, -0.1) is 0 Å². The number of nitrogens with one attached hydrogen (secondary N) is 3. The second-order valence-electron chi connectivity index (χ2n) is 7.90. The van der Waals surface area contributed by atoms with Crippen molar-refractivity contribution >= 4 is 35.2 Å². The highest BCUT2D eigenvalue weighted by molar-refractivity contribution is 6.28. The molecular weight excluding hydrogens is 436 g/mol. The van der Waals surface area contributed by atoms with Gasteiger partial charge in [-0.3, -0.25) is 24.0 Å². The fourth-order valence-electron chi connectivity index (χ4n) is 3.43. The third-order valence-corrected chi connectivity index (χ3v) is 5.05. The molecule has 0 saturated carbocycles. The smallest absolute Gasteiger partial charge is 0.258 e. The molecule has 1 aliphatic heterocycles. The van der Waals surface area contributed by atoms with E-state index in [-0.39, 0.29) is 37.4 Å². The molecule has 34 heavy (non-hydrogen) atoms. The van der Waals surface area contributed by atoms with Gasteiger partial charge in [0.15, 0.2) is 0 Å². The molecule has 0 fully saturated rings. The summed E-state index contributed by atoms with van der Waals surface area (Å²) in [4.78, 5) is 60.6. The van der Waals surface area contributed by atoms with Gasteiger partial charge < -0.3 is 16.0 Å². The summed E-state index contributed by atoms with van der Waals surface area (Å²) < 4.78 is 0. The highest BCUT2D eigenvalue weighted by atomic mass is 16.2. The number of hydrogen-bond donors (Lipinski definition) is 3. The number of nitrogens with zero attached hydrogens (tertiary/aromatic N) is 1. The van der Waals surface area contributed by atoms with Crippen molar-refractivity contribution in [2.75, 3.05) is 18.0 Å². The van der Waals surface area contributed by atoms with Crippen molar-refractivity contribution in [2.24, 2.45) is 0 Å². The minimum absolute atomic E-state index is 0.0190. The average Bonchev–Trinajstić information content (AvgIpc) is 3.15. The van der Waals surface area contributed by atoms with E-state index in [4.69, 9.17) is 0 Å². The second kappa shape index (κ2) is 11.6. The van der Waals surface area contributed by atoms with Crippen LogP contribution in [0.2, 0.25) is 0 Å². The first-order valence-corrected chi connectivity index (χ1v) is 10.8. The van der Waals surface area contributed by atoms with Crippen molar-refractivity contribution in [3.63, 3.8) is 0 Å². The van der Waals surface area contributed by atoms with Crippen LogP contribution in [0.5, 0.6) is 0 Å². The van der Waals surface area contributed by atoms with Gasteiger partial charge in [-0.2, -0.15) is 0 Å². The summed E-state index contributed by atoms with van der Waals surface area (Å²) in [5.41, 5.74) is 2.17. The SMILES string of the molecule is CC(Cc1ccccc1)NC(=O)CNC(=O)CNC(=O)Cc1ccc(N2C(=O)C=CC2=O)cc1. The Morgan fingerprint density at radius 2 is 1.35 bits per heavy atom. The second-order valence-corrected chi connectivity index (χ2v) is 7.90. The Morgan fingerprint density at radius 3 is 2.00 bits per heavy atom. The van der Waals surface area contributed by atoms with Crippen molar-refractivity contribution in [1.29, 1.82) is 0 Å². The highest BCUT2D eigenvalue weighted by Gasteiger charge is 2.24. The predicted molar refractivity (Wildman–Crippen MR) is 126 cm³/mol. The summed E-state index contributed by atoms with van der Waals surface area (Å²) in [5.74, 6) is -2.00. The molecule has 0 saturated heterocycles. The van der Waals surface area contributed by atoms with E-state index in [1.165, 1.54) is 12.2 Å². The molecule has 2 aromatic carbocycles. The monoisotopic (exact) mass is 462 g/mol. The van der Waals surface area contributed by atoms with Crippen LogP contribution < -0.4 is 20.9 Å². The van der Waals surface area contributed by atoms with Crippen LogP contribution in [0.1, 0.15) is 18.1 Å². The van der Waals surface area contributed by atoms with Crippen LogP contribution in [-0.2, 0) is 36.8 Å². The first kappa shape index (κ1) is 24.4. The number of anilines is 1. The molecule has 9 nitrogen and oxygen atoms in total. The number of imide groups is 1. The summed E-state index contributed by atoms with van der Waals surface area (Å²) in [6.07, 6.45) is 3.09. The lowest BCUT2D eigenvalue weighted by atomic mass is 10.1. The zero-order valence-electron chi connectivity index (χ0n) is 18.7. The summed E-state index contributed by atoms with van der Waals surface area (Å²) in [6, 6.07) is 16.1. The van der Waals surface area contributed by atoms with E-state index < -0.39 is 17.7 Å². The first-order chi connectivity index (χ1) is 16.3. The lowest BCUT2D eigenvalue weighted by Crippen LogP contribution is -2.44. The van der Waals surface area contributed by atoms with E-state index in [0.29, 0.717) is 17.7 Å². The van der Waals surface area contributed by atoms with Crippen molar-refractivity contribution in [3.8, 4) is 0 Å². The molecule has 9 heteroatoms. The lowest BCUT2D eigenvalue weighted by Gasteiger charge is -2.14. The van der Waals surface area contributed by atoms with Gasteiger partial charge in [0.1, 0.15) is 0 Å². The molecule has 176 valence electrons. The Bertz CT molecular complexity index is 1080. The van der Waals surface area contributed by atoms with E-state index in [0.717, 1.165) is 10.5 Å². The summed E-state index contributed by atoms with van der Waals surface area (Å²) in [7, 11) is 0. The molecule has 1 aliphatic rings. The Morgan fingerprint density at radius 1 is 0.765 bits per heavy atom. The molecule has 3 N–H and O–H groups in total. The van der Waals surface area contributed by atoms with Gasteiger partial charge in [-0.1, -0.05) is 42.5 Å². The Balaban J connectivity index is 1.34. The highest BCUT2D eigenvalue weighted by Crippen LogP contribution is 2.19. The Hall–Kier alpha value is -4.27. The van der Waals surface area contributed by atoms with E-state index in [1.54, 1.807) is 24.3 Å². The van der Waals surface area contributed by atoms with Crippen LogP contribution in [-0.4, -0.2) is 48.7 Å². The number of carbonyl (C=O) groups is 5. The number of rotatable bonds is 10. The molecule has 1 heterocycles. The lowest BCUT2D eigenvalue weighted by molar-refractivity contribution is -0.127. The average molecular weight is 463 g/mol. The number of carbonyl (C=O) groups excluding carboxylic acids is 5. The van der Waals surface area contributed by atoms with Crippen molar-refractivity contribution in [1.82, 2.24) is 16.0 Å². The third kappa shape index (κ3) is 7.13. The van der Waals surface area contributed by atoms with Crippen LogP contribution in [0, 0.1) is 0 Å². The molecule has 0 spiro atoms. The topological polar surface area (TPSA) is 125 Å². The zero-order valence-corrected chi connectivity index (χ0v) is 18.7. The normalized spacial score (nSPS) is 13.5. The third-order valence-electron chi connectivity index (χ3n) is 5.05. The van der Waals surface area contributed by atoms with Gasteiger partial charge in [0.2, 0.25) is 17.7 Å². The molecule has 1 unspecified atom stereocenters. The molecule has 0 aliphatic carbocycles. The van der Waals surface area contributed by atoms with Crippen molar-refractivity contribution in [2.45, 2.75) is 25.8 Å². The zero-order chi connectivity index (χ0) is 24.5. The number of amides is 5. The predicted octanol–water partition coefficient (Wildman–Crippen LogP) is 0.638. The van der Waals surface area contributed by atoms with Crippen molar-refractivity contribution < 1.29 is 24.0 Å². The van der Waals surface area contributed by atoms with Crippen LogP contribution in [0.15, 0.2) is 66.7 Å². The summed E-state index contributed by atoms with van der Waals surface area (Å²) >= 11 is 0. The van der Waals surface area contributed by atoms with Gasteiger partial charge in [-0.25, -0.2) is 4.90 Å². The minimum atomic E-state index is -0.479. The van der Waals surface area contributed by atoms with E-state index in [1.807, 2.05) is 37.3 Å². The molecule has 0 radical (unpaired) electrons. The standard InChI is InChI=1S/C25H26N4O5/c1-17(13-18-5-3-2-4-6-18)28-23(32)16-27-22(31)15-26-21(30)14-19-7-9-20(10-8-19)29-24(33)11-12-25(29)34/h2-12,17H,13-16H2,1H3,(H,26,30)(H,27,31)(H,28,32). The molecule has 3 rings (SSSR count). The van der Waals surface area contributed by atoms with Crippen LogP contribution in [0.4, 0.5) is 5.69 Å². The van der Waals surface area contributed by atoms with Gasteiger partial charge in [0, 0.05) is 18.2 Å². The van der Waals surface area contributed by atoms with Gasteiger partial charge in [0.25, 0.3) is 11.8 Å². The van der Waals surface area contributed by atoms with Crippen LogP contribution in [0.25, 0.3) is 0 Å². The Labute approximate surface area is 197 Å². The maximum Gasteiger partial charge on any atom is 0.258 e. The maximum absolute atomic E-state index is 12.1. The first-order valence-electron chi connectivity index (χ1n) is 10.8. The van der Waals surface area contributed by atoms with E-state index >= 15 is 0 Å². The molecular formula is C25H26N4O5. The summed E-state index contributed by atoms with van der Waals surface area (Å²) in [5, 5.41) is 7.80. The molecule has 5 amide bonds. The molecule has 2 aromatic rings. The molecule has 1 atom stereocenters. The molecule has 0 aromatic heterocycles. The van der Waals surface area contributed by atoms with Crippen LogP contribution >= 0.6 is 0 Å². The maximum atomic E-state index is 12.1. The van der Waals surface area contributed by atoms with Gasteiger partial charge >= 0.3 is 0 Å². The van der Waals surface area contributed by atoms with Crippen LogP contribution in [0.3, 0.4) is 0 Å². The van der Waals surface area contributed by atoms with E-state index in [2.05, 4.69) is 16.0 Å². The van der Waals surface area contributed by atoms with Crippen molar-refractivity contribution in [3.05, 3.63) is 77.9 Å². The Kier molecular flexibility index (Phi) is 8.28. The summed E-state index contributed by atoms with van der Waals surface area (Å²) in [6.45, 7) is 1.45. The fourth-order valence-corrected chi connectivity index (χ4v) is 3.43. The van der Waals surface area contributed by atoms with E-state index in [9.17, 15) is 24.0 Å². The largest absolute Gasteiger partial charge is 0.352 e. The fraction of sp³-hybridized carbons (Fsp3) is 0.240.